The third kappa shape index (κ3) is 5.29. The van der Waals surface area contributed by atoms with E-state index in [0.717, 1.165) is 25.7 Å². The van der Waals surface area contributed by atoms with Crippen LogP contribution in [0.2, 0.25) is 0 Å². The second-order valence-corrected chi connectivity index (χ2v) is 7.67. The Balaban J connectivity index is 2.44. The lowest BCUT2D eigenvalue weighted by Gasteiger charge is -2.30. The van der Waals surface area contributed by atoms with Gasteiger partial charge < -0.3 is 11.1 Å². The second kappa shape index (κ2) is 6.45. The minimum atomic E-state index is -0.288. The van der Waals surface area contributed by atoms with E-state index in [1.807, 2.05) is 0 Å². The summed E-state index contributed by atoms with van der Waals surface area (Å²) in [5.74, 6) is -0.0373. The summed E-state index contributed by atoms with van der Waals surface area (Å²) in [7, 11) is 0. The molecule has 0 spiro atoms. The summed E-state index contributed by atoms with van der Waals surface area (Å²) >= 11 is 1.61. The minimum absolute atomic E-state index is 0.00748. The predicted octanol–water partition coefficient (Wildman–Crippen LogP) is 1.68. The Morgan fingerprint density at radius 3 is 2.44 bits per heavy atom. The lowest BCUT2D eigenvalue weighted by molar-refractivity contribution is -0.125. The molecule has 1 rings (SSSR count). The summed E-state index contributed by atoms with van der Waals surface area (Å²) in [6.07, 6.45) is 3.74. The molecule has 0 aliphatic heterocycles. The van der Waals surface area contributed by atoms with E-state index in [9.17, 15) is 9.59 Å². The van der Waals surface area contributed by atoms with Crippen molar-refractivity contribution in [2.24, 2.45) is 11.7 Å². The molecule has 0 aromatic heterocycles. The molecule has 4 nitrogen and oxygen atoms in total. The number of primary amides is 1. The zero-order chi connectivity index (χ0) is 13.8. The molecular formula is C13H24N2O2S. The summed E-state index contributed by atoms with van der Waals surface area (Å²) in [5, 5.41) is 2.96. The molecule has 0 heterocycles. The standard InChI is InChI=1S/C13H24N2O2S/c1-13(2,3)18-8-11(16)15-10-7-5-4-6-9(10)12(14)17/h9-10H,4-8H2,1-3H3,(H2,14,17)(H,15,16)/t9-,10-/m1/s1. The average Bonchev–Trinajstić information content (AvgIpc) is 2.26. The van der Waals surface area contributed by atoms with E-state index in [-0.39, 0.29) is 28.5 Å². The lowest BCUT2D eigenvalue weighted by Crippen LogP contribution is -2.47. The zero-order valence-electron chi connectivity index (χ0n) is 11.5. The smallest absolute Gasteiger partial charge is 0.230 e. The third-order valence-electron chi connectivity index (χ3n) is 3.11. The molecule has 2 amide bonds. The van der Waals surface area contributed by atoms with Crippen molar-refractivity contribution >= 4 is 23.6 Å². The first kappa shape index (κ1) is 15.3. The average molecular weight is 272 g/mol. The van der Waals surface area contributed by atoms with Gasteiger partial charge in [0, 0.05) is 10.8 Å². The molecule has 1 aliphatic carbocycles. The number of nitrogens with one attached hydrogen (secondary N) is 1. The normalized spacial score (nSPS) is 24.6. The molecule has 1 saturated carbocycles. The number of amides is 2. The number of carbonyl (C=O) groups excluding carboxylic acids is 2. The molecular weight excluding hydrogens is 248 g/mol. The maximum Gasteiger partial charge on any atom is 0.230 e. The topological polar surface area (TPSA) is 72.2 Å². The summed E-state index contributed by atoms with van der Waals surface area (Å²) in [6, 6.07) is -0.0654. The van der Waals surface area contributed by atoms with Crippen molar-refractivity contribution < 1.29 is 9.59 Å². The summed E-state index contributed by atoms with van der Waals surface area (Å²) in [6.45, 7) is 6.24. The predicted molar refractivity (Wildman–Crippen MR) is 75.3 cm³/mol. The van der Waals surface area contributed by atoms with Crippen molar-refractivity contribution in [1.29, 1.82) is 0 Å². The Morgan fingerprint density at radius 1 is 1.28 bits per heavy atom. The number of hydrogen-bond donors (Lipinski definition) is 2. The van der Waals surface area contributed by atoms with Crippen molar-refractivity contribution in [3.05, 3.63) is 0 Å². The number of hydrogen-bond acceptors (Lipinski definition) is 3. The van der Waals surface area contributed by atoms with Crippen LogP contribution in [0.4, 0.5) is 0 Å². The van der Waals surface area contributed by atoms with Gasteiger partial charge in [-0.3, -0.25) is 9.59 Å². The van der Waals surface area contributed by atoms with E-state index >= 15 is 0 Å². The van der Waals surface area contributed by atoms with Gasteiger partial charge in [-0.15, -0.1) is 11.8 Å². The Kier molecular flexibility index (Phi) is 5.50. The van der Waals surface area contributed by atoms with E-state index < -0.39 is 0 Å². The highest BCUT2D eigenvalue weighted by Gasteiger charge is 2.30. The van der Waals surface area contributed by atoms with E-state index in [1.165, 1.54) is 0 Å². The SMILES string of the molecule is CC(C)(C)SCC(=O)N[C@@H]1CCCC[C@H]1C(N)=O. The molecule has 1 fully saturated rings. The zero-order valence-corrected chi connectivity index (χ0v) is 12.3. The fraction of sp³-hybridized carbons (Fsp3) is 0.846. The van der Waals surface area contributed by atoms with Crippen LogP contribution in [-0.4, -0.2) is 28.4 Å². The quantitative estimate of drug-likeness (QED) is 0.818. The van der Waals surface area contributed by atoms with E-state index in [2.05, 4.69) is 26.1 Å². The third-order valence-corrected chi connectivity index (χ3v) is 4.39. The van der Waals surface area contributed by atoms with E-state index in [4.69, 9.17) is 5.73 Å². The number of rotatable bonds is 4. The Labute approximate surface area is 113 Å². The fourth-order valence-corrected chi connectivity index (χ4v) is 2.82. The molecule has 0 aromatic carbocycles. The van der Waals surface area contributed by atoms with Gasteiger partial charge in [-0.05, 0) is 12.8 Å². The number of carbonyl (C=O) groups is 2. The lowest BCUT2D eigenvalue weighted by atomic mass is 9.84. The van der Waals surface area contributed by atoms with E-state index in [1.54, 1.807) is 11.8 Å². The highest BCUT2D eigenvalue weighted by molar-refractivity contribution is 8.01. The van der Waals surface area contributed by atoms with Crippen molar-refractivity contribution in [3.8, 4) is 0 Å². The Morgan fingerprint density at radius 2 is 1.89 bits per heavy atom. The van der Waals surface area contributed by atoms with Gasteiger partial charge >= 0.3 is 0 Å². The van der Waals surface area contributed by atoms with Gasteiger partial charge in [0.2, 0.25) is 11.8 Å². The molecule has 1 aliphatic rings. The van der Waals surface area contributed by atoms with Gasteiger partial charge in [-0.1, -0.05) is 33.6 Å². The molecule has 104 valence electrons. The van der Waals surface area contributed by atoms with Crippen LogP contribution in [0.25, 0.3) is 0 Å². The van der Waals surface area contributed by atoms with Crippen molar-refractivity contribution in [2.45, 2.75) is 57.2 Å². The summed E-state index contributed by atoms with van der Waals surface area (Å²) in [4.78, 5) is 23.2. The molecule has 2 atom stereocenters. The fourth-order valence-electron chi connectivity index (χ4n) is 2.17. The van der Waals surface area contributed by atoms with Crippen LogP contribution < -0.4 is 11.1 Å². The van der Waals surface area contributed by atoms with Crippen LogP contribution in [0.1, 0.15) is 46.5 Å². The number of nitrogens with two attached hydrogens (primary N) is 1. The molecule has 0 bridgehead atoms. The van der Waals surface area contributed by atoms with Crippen LogP contribution >= 0.6 is 11.8 Å². The maximum absolute atomic E-state index is 11.8. The highest BCUT2D eigenvalue weighted by atomic mass is 32.2. The molecule has 0 aromatic rings. The van der Waals surface area contributed by atoms with Crippen LogP contribution in [0, 0.1) is 5.92 Å². The monoisotopic (exact) mass is 272 g/mol. The van der Waals surface area contributed by atoms with Gasteiger partial charge in [0.25, 0.3) is 0 Å². The second-order valence-electron chi connectivity index (χ2n) is 5.87. The first-order chi connectivity index (χ1) is 8.29. The van der Waals surface area contributed by atoms with E-state index in [0.29, 0.717) is 5.75 Å². The maximum atomic E-state index is 11.8. The van der Waals surface area contributed by atoms with Gasteiger partial charge in [0.1, 0.15) is 0 Å². The summed E-state index contributed by atoms with van der Waals surface area (Å²) in [5.41, 5.74) is 5.38. The van der Waals surface area contributed by atoms with Gasteiger partial charge in [0.15, 0.2) is 0 Å². The van der Waals surface area contributed by atoms with Crippen LogP contribution in [0.15, 0.2) is 0 Å². The Hall–Kier alpha value is -0.710. The van der Waals surface area contributed by atoms with Crippen molar-refractivity contribution in [2.75, 3.05) is 5.75 Å². The summed E-state index contributed by atoms with van der Waals surface area (Å²) < 4.78 is 0.0764. The minimum Gasteiger partial charge on any atom is -0.369 e. The van der Waals surface area contributed by atoms with Gasteiger partial charge in [-0.2, -0.15) is 0 Å². The molecule has 0 saturated heterocycles. The Bertz CT molecular complexity index is 313. The molecule has 5 heteroatoms. The largest absolute Gasteiger partial charge is 0.369 e. The highest BCUT2D eigenvalue weighted by Crippen LogP contribution is 2.25. The first-order valence-electron chi connectivity index (χ1n) is 6.52. The first-order valence-corrected chi connectivity index (χ1v) is 7.51. The van der Waals surface area contributed by atoms with Crippen LogP contribution in [0.3, 0.4) is 0 Å². The van der Waals surface area contributed by atoms with Crippen molar-refractivity contribution in [1.82, 2.24) is 5.32 Å². The molecule has 0 radical (unpaired) electrons. The van der Waals surface area contributed by atoms with Gasteiger partial charge in [0.05, 0.1) is 11.7 Å². The van der Waals surface area contributed by atoms with Crippen LogP contribution in [0.5, 0.6) is 0 Å². The number of thioether (sulfide) groups is 1. The van der Waals surface area contributed by atoms with Crippen molar-refractivity contribution in [3.63, 3.8) is 0 Å². The van der Waals surface area contributed by atoms with Gasteiger partial charge in [-0.25, -0.2) is 0 Å². The molecule has 0 unspecified atom stereocenters. The van der Waals surface area contributed by atoms with Crippen LogP contribution in [-0.2, 0) is 9.59 Å². The molecule has 18 heavy (non-hydrogen) atoms. The molecule has 3 N–H and O–H groups in total.